The van der Waals surface area contributed by atoms with Crippen LogP contribution in [0.3, 0.4) is 0 Å². The topological polar surface area (TPSA) is 3.24 Å². The number of benzene rings is 1. The van der Waals surface area contributed by atoms with Gasteiger partial charge in [-0.05, 0) is 69.0 Å². The van der Waals surface area contributed by atoms with Crippen molar-refractivity contribution in [2.24, 2.45) is 5.92 Å². The molecule has 2 fully saturated rings. The predicted molar refractivity (Wildman–Crippen MR) is 81.4 cm³/mol. The molecular weight excluding hydrogens is 230 g/mol. The minimum atomic E-state index is 0.832. The van der Waals surface area contributed by atoms with E-state index in [0.717, 1.165) is 11.8 Å². The van der Waals surface area contributed by atoms with Crippen LogP contribution in [0.15, 0.2) is 30.3 Å². The van der Waals surface area contributed by atoms with Gasteiger partial charge in [-0.3, -0.25) is 0 Å². The largest absolute Gasteiger partial charge is 0.303 e. The Hall–Kier alpha value is -0.820. The Morgan fingerprint density at radius 1 is 0.842 bits per heavy atom. The number of nitrogens with zero attached hydrogens (tertiary/aromatic N) is 1. The summed E-state index contributed by atoms with van der Waals surface area (Å²) in [7, 11) is 0. The molecule has 1 saturated carbocycles. The molecule has 1 aliphatic heterocycles. The summed E-state index contributed by atoms with van der Waals surface area (Å²) in [6.07, 6.45) is 10.0. The molecule has 0 bridgehead atoms. The van der Waals surface area contributed by atoms with Gasteiger partial charge in [-0.2, -0.15) is 0 Å². The van der Waals surface area contributed by atoms with Crippen molar-refractivity contribution in [3.8, 4) is 0 Å². The summed E-state index contributed by atoms with van der Waals surface area (Å²) in [6.45, 7) is 4.10. The molecule has 0 unspecified atom stereocenters. The number of likely N-dealkylation sites (tertiary alicyclic amines) is 1. The lowest BCUT2D eigenvalue weighted by atomic mass is 9.78. The third-order valence-corrected chi connectivity index (χ3v) is 5.08. The van der Waals surface area contributed by atoms with E-state index < -0.39 is 0 Å². The molecule has 0 N–H and O–H groups in total. The van der Waals surface area contributed by atoms with Crippen LogP contribution >= 0.6 is 0 Å². The van der Waals surface area contributed by atoms with Crippen molar-refractivity contribution in [3.63, 3.8) is 0 Å². The first-order valence-electron chi connectivity index (χ1n) is 8.19. The first-order chi connectivity index (χ1) is 9.42. The first-order valence-corrected chi connectivity index (χ1v) is 8.19. The highest BCUT2D eigenvalue weighted by molar-refractivity contribution is 5.19. The fraction of sp³-hybridized carbons (Fsp3) is 0.667. The van der Waals surface area contributed by atoms with Gasteiger partial charge >= 0.3 is 0 Å². The van der Waals surface area contributed by atoms with E-state index in [9.17, 15) is 0 Å². The van der Waals surface area contributed by atoms with Crippen LogP contribution in [0.1, 0.15) is 56.4 Å². The lowest BCUT2D eigenvalue weighted by Gasteiger charge is -2.34. The van der Waals surface area contributed by atoms with Crippen LogP contribution in [0, 0.1) is 5.92 Å². The summed E-state index contributed by atoms with van der Waals surface area (Å²) >= 11 is 0. The van der Waals surface area contributed by atoms with Crippen molar-refractivity contribution >= 4 is 0 Å². The summed E-state index contributed by atoms with van der Waals surface area (Å²) in [5.41, 5.74) is 1.57. The van der Waals surface area contributed by atoms with Gasteiger partial charge in [0, 0.05) is 6.54 Å². The molecule has 1 heteroatoms. The third kappa shape index (κ3) is 3.60. The Morgan fingerprint density at radius 2 is 1.53 bits per heavy atom. The fourth-order valence-electron chi connectivity index (χ4n) is 3.91. The Labute approximate surface area is 118 Å². The van der Waals surface area contributed by atoms with Crippen LogP contribution < -0.4 is 0 Å². The van der Waals surface area contributed by atoms with Crippen LogP contribution in [0.5, 0.6) is 0 Å². The summed E-state index contributed by atoms with van der Waals surface area (Å²) < 4.78 is 0. The normalized spacial score (nSPS) is 29.3. The zero-order valence-electron chi connectivity index (χ0n) is 12.1. The number of rotatable bonds is 3. The van der Waals surface area contributed by atoms with Crippen LogP contribution in [0.4, 0.5) is 0 Å². The van der Waals surface area contributed by atoms with Crippen molar-refractivity contribution in [2.45, 2.75) is 50.9 Å². The minimum absolute atomic E-state index is 0.832. The molecule has 1 heterocycles. The van der Waals surface area contributed by atoms with Gasteiger partial charge in [0.1, 0.15) is 0 Å². The molecule has 1 aliphatic carbocycles. The molecule has 19 heavy (non-hydrogen) atoms. The maximum atomic E-state index is 2.72. The molecule has 1 aromatic carbocycles. The van der Waals surface area contributed by atoms with E-state index in [0.29, 0.717) is 0 Å². The van der Waals surface area contributed by atoms with E-state index in [4.69, 9.17) is 0 Å². The van der Waals surface area contributed by atoms with Gasteiger partial charge < -0.3 is 4.90 Å². The number of hydrogen-bond donors (Lipinski definition) is 0. The smallest absolute Gasteiger partial charge is 0.000966 e. The van der Waals surface area contributed by atoms with Crippen molar-refractivity contribution in [1.82, 2.24) is 4.90 Å². The Bertz CT molecular complexity index is 359. The number of piperidine rings is 1. The Balaban J connectivity index is 1.46. The summed E-state index contributed by atoms with van der Waals surface area (Å²) in [5.74, 6) is 1.80. The zero-order valence-corrected chi connectivity index (χ0v) is 12.1. The molecule has 1 nitrogen and oxygen atoms in total. The second kappa shape index (κ2) is 6.56. The summed E-state index contributed by atoms with van der Waals surface area (Å²) in [5, 5.41) is 0. The average molecular weight is 257 g/mol. The van der Waals surface area contributed by atoms with E-state index in [1.165, 1.54) is 64.6 Å². The molecule has 0 radical (unpaired) electrons. The quantitative estimate of drug-likeness (QED) is 0.773. The summed E-state index contributed by atoms with van der Waals surface area (Å²) in [4.78, 5) is 2.72. The second-order valence-corrected chi connectivity index (χ2v) is 6.49. The maximum Gasteiger partial charge on any atom is 0.000966 e. The van der Waals surface area contributed by atoms with Gasteiger partial charge in [-0.25, -0.2) is 0 Å². The van der Waals surface area contributed by atoms with Gasteiger partial charge in [0.25, 0.3) is 0 Å². The van der Waals surface area contributed by atoms with Crippen LogP contribution in [-0.4, -0.2) is 24.5 Å². The first kappa shape index (κ1) is 13.2. The Kier molecular flexibility index (Phi) is 4.55. The van der Waals surface area contributed by atoms with Gasteiger partial charge in [0.15, 0.2) is 0 Å². The highest BCUT2D eigenvalue weighted by atomic mass is 15.1. The predicted octanol–water partition coefficient (Wildman–Crippen LogP) is 4.45. The highest BCUT2D eigenvalue weighted by Gasteiger charge is 2.24. The van der Waals surface area contributed by atoms with Gasteiger partial charge in [-0.1, -0.05) is 36.8 Å². The lowest BCUT2D eigenvalue weighted by Crippen LogP contribution is -2.35. The second-order valence-electron chi connectivity index (χ2n) is 6.49. The van der Waals surface area contributed by atoms with Crippen LogP contribution in [0.25, 0.3) is 0 Å². The van der Waals surface area contributed by atoms with Crippen molar-refractivity contribution in [2.75, 3.05) is 19.6 Å². The molecule has 0 amide bonds. The molecule has 0 spiro atoms. The van der Waals surface area contributed by atoms with Gasteiger partial charge in [0.05, 0.1) is 0 Å². The van der Waals surface area contributed by atoms with E-state index >= 15 is 0 Å². The molecule has 1 saturated heterocycles. The van der Waals surface area contributed by atoms with Crippen LogP contribution in [0.2, 0.25) is 0 Å². The van der Waals surface area contributed by atoms with Gasteiger partial charge in [-0.15, -0.1) is 0 Å². The summed E-state index contributed by atoms with van der Waals surface area (Å²) in [6, 6.07) is 11.1. The van der Waals surface area contributed by atoms with E-state index in [-0.39, 0.29) is 0 Å². The lowest BCUT2D eigenvalue weighted by molar-refractivity contribution is 0.169. The number of hydrogen-bond acceptors (Lipinski definition) is 1. The molecule has 104 valence electrons. The van der Waals surface area contributed by atoms with Crippen molar-refractivity contribution in [1.29, 1.82) is 0 Å². The highest BCUT2D eigenvalue weighted by Crippen LogP contribution is 2.36. The fourth-order valence-corrected chi connectivity index (χ4v) is 3.91. The SMILES string of the molecule is c1ccc(C2CCC(CN3CCCCC3)CC2)cc1. The van der Waals surface area contributed by atoms with Crippen LogP contribution in [-0.2, 0) is 0 Å². The molecule has 3 rings (SSSR count). The average Bonchev–Trinajstić information content (AvgIpc) is 2.50. The minimum Gasteiger partial charge on any atom is -0.303 e. The molecule has 1 aromatic rings. The van der Waals surface area contributed by atoms with E-state index in [2.05, 4.69) is 35.2 Å². The molecular formula is C18H27N. The standard InChI is InChI=1S/C18H27N/c1-3-7-17(8-4-1)18-11-9-16(10-12-18)15-19-13-5-2-6-14-19/h1,3-4,7-8,16,18H,2,5-6,9-15H2. The molecule has 2 aliphatic rings. The Morgan fingerprint density at radius 3 is 2.21 bits per heavy atom. The van der Waals surface area contributed by atoms with Gasteiger partial charge in [0.2, 0.25) is 0 Å². The van der Waals surface area contributed by atoms with Crippen molar-refractivity contribution in [3.05, 3.63) is 35.9 Å². The maximum absolute atomic E-state index is 2.72. The van der Waals surface area contributed by atoms with Crippen molar-refractivity contribution < 1.29 is 0 Å². The molecule has 0 aromatic heterocycles. The zero-order chi connectivity index (χ0) is 12.9. The van der Waals surface area contributed by atoms with E-state index in [1.54, 1.807) is 5.56 Å². The van der Waals surface area contributed by atoms with E-state index in [1.807, 2.05) is 0 Å². The molecule has 0 atom stereocenters. The monoisotopic (exact) mass is 257 g/mol. The third-order valence-electron chi connectivity index (χ3n) is 5.08.